The van der Waals surface area contributed by atoms with E-state index in [1.54, 1.807) is 12.1 Å². The summed E-state index contributed by atoms with van der Waals surface area (Å²) in [4.78, 5) is 24.9. The van der Waals surface area contributed by atoms with Crippen LogP contribution >= 0.6 is 0 Å². The molecule has 0 atom stereocenters. The molecule has 0 amide bonds. The molecule has 3 heterocycles. The number of piperazine rings is 1. The van der Waals surface area contributed by atoms with E-state index in [0.29, 0.717) is 23.5 Å². The summed E-state index contributed by atoms with van der Waals surface area (Å²) in [5.41, 5.74) is 9.39. The van der Waals surface area contributed by atoms with Crippen LogP contribution in [0.1, 0.15) is 42.1 Å². The quantitative estimate of drug-likeness (QED) is 0.650. The molecule has 1 aromatic carbocycles. The number of nitrogens with two attached hydrogens (primary N) is 1. The minimum atomic E-state index is 0.309. The molecule has 8 nitrogen and oxygen atoms in total. The predicted octanol–water partition coefficient (Wildman–Crippen LogP) is 2.62. The van der Waals surface area contributed by atoms with Gasteiger partial charge in [0.2, 0.25) is 0 Å². The van der Waals surface area contributed by atoms with Crippen molar-refractivity contribution in [1.29, 1.82) is 0 Å². The van der Waals surface area contributed by atoms with E-state index in [-0.39, 0.29) is 0 Å². The van der Waals surface area contributed by atoms with Crippen molar-refractivity contribution in [3.63, 3.8) is 0 Å². The molecule has 1 saturated carbocycles. The summed E-state index contributed by atoms with van der Waals surface area (Å²) in [6.45, 7) is 4.65. The zero-order chi connectivity index (χ0) is 21.4. The van der Waals surface area contributed by atoms with Crippen molar-refractivity contribution < 1.29 is 4.79 Å². The van der Waals surface area contributed by atoms with Crippen LogP contribution in [0.15, 0.2) is 30.6 Å². The van der Waals surface area contributed by atoms with E-state index in [4.69, 9.17) is 10.8 Å². The number of fused-ring (bicyclic) bond motifs is 1. The molecule has 2 fully saturated rings. The fraction of sp³-hybridized carbons (Fsp3) is 0.478. The fourth-order valence-electron chi connectivity index (χ4n) is 5.03. The van der Waals surface area contributed by atoms with Gasteiger partial charge < -0.3 is 10.6 Å². The average molecular weight is 420 g/mol. The van der Waals surface area contributed by atoms with Gasteiger partial charge in [-0.15, -0.1) is 0 Å². The van der Waals surface area contributed by atoms with Crippen molar-refractivity contribution in [3.8, 4) is 11.3 Å². The first-order valence-corrected chi connectivity index (χ1v) is 11.1. The number of rotatable bonds is 4. The summed E-state index contributed by atoms with van der Waals surface area (Å²) >= 11 is 0. The van der Waals surface area contributed by atoms with Gasteiger partial charge in [-0.1, -0.05) is 24.3 Å². The SMILES string of the molecule is CN1CCN(C2CCC(n3nc(-c4ccc(C=O)cc4)c4c(N)ncnc43)CC2)CC1. The molecular formula is C23H29N7O. The van der Waals surface area contributed by atoms with Crippen molar-refractivity contribution in [2.24, 2.45) is 0 Å². The van der Waals surface area contributed by atoms with E-state index < -0.39 is 0 Å². The first kappa shape index (κ1) is 20.1. The van der Waals surface area contributed by atoms with Crippen molar-refractivity contribution >= 4 is 23.1 Å². The molecule has 1 aliphatic carbocycles. The van der Waals surface area contributed by atoms with Gasteiger partial charge in [0.25, 0.3) is 0 Å². The van der Waals surface area contributed by atoms with Crippen LogP contribution in [0.4, 0.5) is 5.82 Å². The Balaban J connectivity index is 1.41. The largest absolute Gasteiger partial charge is 0.383 e. The number of benzene rings is 1. The zero-order valence-electron chi connectivity index (χ0n) is 17.9. The molecule has 0 radical (unpaired) electrons. The Morgan fingerprint density at radius 1 is 0.968 bits per heavy atom. The highest BCUT2D eigenvalue weighted by atomic mass is 16.1. The summed E-state index contributed by atoms with van der Waals surface area (Å²) < 4.78 is 2.07. The second-order valence-electron chi connectivity index (χ2n) is 8.79. The molecule has 8 heteroatoms. The van der Waals surface area contributed by atoms with Gasteiger partial charge in [0.15, 0.2) is 5.65 Å². The van der Waals surface area contributed by atoms with Crippen LogP contribution in [-0.4, -0.2) is 75.1 Å². The van der Waals surface area contributed by atoms with E-state index in [1.165, 1.54) is 32.3 Å². The van der Waals surface area contributed by atoms with Crippen LogP contribution in [-0.2, 0) is 0 Å². The van der Waals surface area contributed by atoms with Crippen molar-refractivity contribution in [1.82, 2.24) is 29.5 Å². The zero-order valence-corrected chi connectivity index (χ0v) is 17.9. The van der Waals surface area contributed by atoms with Crippen LogP contribution in [0.5, 0.6) is 0 Å². The number of carbonyl (C=O) groups excluding carboxylic acids is 1. The van der Waals surface area contributed by atoms with Crippen molar-refractivity contribution in [3.05, 3.63) is 36.2 Å². The predicted molar refractivity (Wildman–Crippen MR) is 121 cm³/mol. The Labute approximate surface area is 182 Å². The Bertz CT molecular complexity index is 1060. The van der Waals surface area contributed by atoms with E-state index in [9.17, 15) is 4.79 Å². The van der Waals surface area contributed by atoms with Gasteiger partial charge in [-0.05, 0) is 32.7 Å². The summed E-state index contributed by atoms with van der Waals surface area (Å²) in [6, 6.07) is 8.40. The summed E-state index contributed by atoms with van der Waals surface area (Å²) in [7, 11) is 2.20. The van der Waals surface area contributed by atoms with Gasteiger partial charge in [-0.2, -0.15) is 5.10 Å². The Kier molecular flexibility index (Phi) is 5.41. The molecular weight excluding hydrogens is 390 g/mol. The first-order valence-electron chi connectivity index (χ1n) is 11.1. The molecule has 3 aromatic rings. The van der Waals surface area contributed by atoms with Gasteiger partial charge in [0, 0.05) is 43.3 Å². The second-order valence-corrected chi connectivity index (χ2v) is 8.79. The van der Waals surface area contributed by atoms with Gasteiger partial charge in [-0.25, -0.2) is 14.6 Å². The highest BCUT2D eigenvalue weighted by Gasteiger charge is 2.30. The number of carbonyl (C=O) groups is 1. The van der Waals surface area contributed by atoms with Crippen molar-refractivity contribution in [2.45, 2.75) is 37.8 Å². The molecule has 5 rings (SSSR count). The number of nitrogen functional groups attached to an aromatic ring is 1. The van der Waals surface area contributed by atoms with Crippen LogP contribution in [0.25, 0.3) is 22.3 Å². The number of aldehydes is 1. The first-order chi connectivity index (χ1) is 15.1. The highest BCUT2D eigenvalue weighted by Crippen LogP contribution is 2.37. The van der Waals surface area contributed by atoms with Crippen molar-refractivity contribution in [2.75, 3.05) is 39.0 Å². The number of anilines is 1. The molecule has 1 saturated heterocycles. The third-order valence-corrected chi connectivity index (χ3v) is 6.90. The molecule has 1 aliphatic heterocycles. The number of likely N-dealkylation sites (N-methyl/N-ethyl adjacent to an activating group) is 1. The van der Waals surface area contributed by atoms with E-state index in [2.05, 4.69) is 31.5 Å². The number of nitrogens with zero attached hydrogens (tertiary/aromatic N) is 6. The van der Waals surface area contributed by atoms with Gasteiger partial charge in [0.1, 0.15) is 24.1 Å². The summed E-state index contributed by atoms with van der Waals surface area (Å²) in [5.74, 6) is 0.442. The Morgan fingerprint density at radius 3 is 2.32 bits per heavy atom. The Hall–Kier alpha value is -2.84. The maximum atomic E-state index is 11.0. The minimum Gasteiger partial charge on any atom is -0.383 e. The lowest BCUT2D eigenvalue weighted by Crippen LogP contribution is -2.49. The summed E-state index contributed by atoms with van der Waals surface area (Å²) in [6.07, 6.45) is 6.89. The second kappa shape index (κ2) is 8.36. The van der Waals surface area contributed by atoms with Gasteiger partial charge >= 0.3 is 0 Å². The lowest BCUT2D eigenvalue weighted by Gasteiger charge is -2.41. The lowest BCUT2D eigenvalue weighted by molar-refractivity contribution is 0.0815. The molecule has 0 unspecified atom stereocenters. The van der Waals surface area contributed by atoms with E-state index >= 15 is 0 Å². The van der Waals surface area contributed by atoms with Gasteiger partial charge in [0.05, 0.1) is 11.4 Å². The standard InChI is InChI=1S/C23H29N7O/c1-28-10-12-29(13-11-28)18-6-8-19(9-7-18)30-23-20(22(24)25-15-26-23)21(27-30)17-4-2-16(14-31)3-5-17/h2-5,14-15,18-19H,6-13H2,1H3,(H2,24,25,26). The molecule has 2 aromatic heterocycles. The average Bonchev–Trinajstić information content (AvgIpc) is 3.21. The highest BCUT2D eigenvalue weighted by molar-refractivity contribution is 5.98. The molecule has 0 bridgehead atoms. The maximum Gasteiger partial charge on any atom is 0.164 e. The molecule has 162 valence electrons. The molecule has 2 N–H and O–H groups in total. The minimum absolute atomic E-state index is 0.309. The van der Waals surface area contributed by atoms with Crippen LogP contribution in [0.3, 0.4) is 0 Å². The topological polar surface area (TPSA) is 93.2 Å². The molecule has 2 aliphatic rings. The summed E-state index contributed by atoms with van der Waals surface area (Å²) in [5, 5.41) is 5.77. The van der Waals surface area contributed by atoms with Crippen LogP contribution in [0, 0.1) is 0 Å². The molecule has 31 heavy (non-hydrogen) atoms. The number of hydrogen-bond donors (Lipinski definition) is 1. The number of aromatic nitrogens is 4. The monoisotopic (exact) mass is 419 g/mol. The third-order valence-electron chi connectivity index (χ3n) is 6.90. The normalized spacial score (nSPS) is 23.3. The lowest BCUT2D eigenvalue weighted by atomic mass is 9.90. The van der Waals surface area contributed by atoms with E-state index in [0.717, 1.165) is 54.5 Å². The van der Waals surface area contributed by atoms with E-state index in [1.807, 2.05) is 12.1 Å². The van der Waals surface area contributed by atoms with Gasteiger partial charge in [-0.3, -0.25) is 9.69 Å². The van der Waals surface area contributed by atoms with Crippen LogP contribution < -0.4 is 5.73 Å². The molecule has 0 spiro atoms. The Morgan fingerprint density at radius 2 is 1.65 bits per heavy atom. The fourth-order valence-corrected chi connectivity index (χ4v) is 5.03. The third kappa shape index (κ3) is 3.81. The smallest absolute Gasteiger partial charge is 0.164 e. The van der Waals surface area contributed by atoms with Crippen LogP contribution in [0.2, 0.25) is 0 Å². The maximum absolute atomic E-state index is 11.0. The number of hydrogen-bond acceptors (Lipinski definition) is 7.